The van der Waals surface area contributed by atoms with Crippen LogP contribution in [0.2, 0.25) is 5.02 Å². The predicted molar refractivity (Wildman–Crippen MR) is 113 cm³/mol. The van der Waals surface area contributed by atoms with E-state index in [2.05, 4.69) is 15.1 Å². The van der Waals surface area contributed by atoms with Gasteiger partial charge in [-0.1, -0.05) is 59.2 Å². The molecule has 4 rings (SSSR count). The SMILES string of the molecule is Cc1ccccc1-c1noc(CS(=O)Cc2csc(-c3ccccc3Cl)n2)n1. The minimum Gasteiger partial charge on any atom is -0.338 e. The average molecular weight is 430 g/mol. The van der Waals surface area contributed by atoms with E-state index >= 15 is 0 Å². The Kier molecular flexibility index (Phi) is 5.66. The van der Waals surface area contributed by atoms with Crippen molar-refractivity contribution < 1.29 is 8.73 Å². The summed E-state index contributed by atoms with van der Waals surface area (Å²) in [6.07, 6.45) is 0. The van der Waals surface area contributed by atoms with Gasteiger partial charge in [0.2, 0.25) is 11.7 Å². The largest absolute Gasteiger partial charge is 0.338 e. The van der Waals surface area contributed by atoms with Crippen molar-refractivity contribution in [2.24, 2.45) is 0 Å². The zero-order chi connectivity index (χ0) is 19.5. The Morgan fingerprint density at radius 2 is 1.79 bits per heavy atom. The second kappa shape index (κ2) is 8.34. The molecular formula is C20H16ClN3O2S2. The van der Waals surface area contributed by atoms with E-state index in [4.69, 9.17) is 16.1 Å². The van der Waals surface area contributed by atoms with Crippen molar-refractivity contribution in [3.63, 3.8) is 0 Å². The number of thiazole rings is 1. The summed E-state index contributed by atoms with van der Waals surface area (Å²) in [7, 11) is -1.20. The molecule has 0 aliphatic heterocycles. The second-order valence-corrected chi connectivity index (χ2v) is 8.90. The molecule has 0 aliphatic rings. The van der Waals surface area contributed by atoms with Crippen molar-refractivity contribution in [1.29, 1.82) is 0 Å². The van der Waals surface area contributed by atoms with Crippen LogP contribution in [0.3, 0.4) is 0 Å². The van der Waals surface area contributed by atoms with Gasteiger partial charge in [0.1, 0.15) is 10.8 Å². The van der Waals surface area contributed by atoms with Crippen LogP contribution in [0.15, 0.2) is 58.4 Å². The summed E-state index contributed by atoms with van der Waals surface area (Å²) in [5, 5.41) is 7.39. The van der Waals surface area contributed by atoms with Crippen molar-refractivity contribution in [2.75, 3.05) is 0 Å². The summed E-state index contributed by atoms with van der Waals surface area (Å²) < 4.78 is 17.8. The maximum atomic E-state index is 12.5. The summed E-state index contributed by atoms with van der Waals surface area (Å²) in [5.74, 6) is 1.39. The molecular weight excluding hydrogens is 414 g/mol. The van der Waals surface area contributed by atoms with Crippen LogP contribution in [0.25, 0.3) is 22.0 Å². The molecule has 0 aliphatic carbocycles. The highest BCUT2D eigenvalue weighted by atomic mass is 35.5. The first-order valence-corrected chi connectivity index (χ1v) is 11.3. The fourth-order valence-electron chi connectivity index (χ4n) is 2.73. The van der Waals surface area contributed by atoms with Gasteiger partial charge in [0.25, 0.3) is 0 Å². The van der Waals surface area contributed by atoms with Crippen LogP contribution in [-0.2, 0) is 22.3 Å². The minimum atomic E-state index is -1.20. The van der Waals surface area contributed by atoms with Crippen LogP contribution in [-0.4, -0.2) is 19.3 Å². The first-order valence-electron chi connectivity index (χ1n) is 8.53. The number of benzene rings is 2. The standard InChI is InChI=1S/C20H16ClN3O2S2/c1-13-6-2-3-7-15(13)19-23-18(26-24-19)12-28(25)11-14-10-27-20(22-14)16-8-4-5-9-17(16)21/h2-10H,11-12H2,1H3. The van der Waals surface area contributed by atoms with Crippen molar-refractivity contribution in [3.05, 3.63) is 76.1 Å². The van der Waals surface area contributed by atoms with Crippen LogP contribution < -0.4 is 0 Å². The highest BCUT2D eigenvalue weighted by Crippen LogP contribution is 2.30. The van der Waals surface area contributed by atoms with Gasteiger partial charge >= 0.3 is 0 Å². The molecule has 0 radical (unpaired) electrons. The zero-order valence-corrected chi connectivity index (χ0v) is 17.4. The molecule has 5 nitrogen and oxygen atoms in total. The molecule has 0 fully saturated rings. The number of aromatic nitrogens is 3. The van der Waals surface area contributed by atoms with Gasteiger partial charge in [-0.05, 0) is 18.6 Å². The molecule has 2 heterocycles. The molecule has 0 bridgehead atoms. The molecule has 0 spiro atoms. The highest BCUT2D eigenvalue weighted by Gasteiger charge is 2.15. The van der Waals surface area contributed by atoms with Gasteiger partial charge in [-0.3, -0.25) is 4.21 Å². The molecule has 0 saturated carbocycles. The monoisotopic (exact) mass is 429 g/mol. The predicted octanol–water partition coefficient (Wildman–Crippen LogP) is 5.27. The quantitative estimate of drug-likeness (QED) is 0.417. The zero-order valence-electron chi connectivity index (χ0n) is 15.0. The molecule has 142 valence electrons. The Hall–Kier alpha value is -2.35. The summed E-state index contributed by atoms with van der Waals surface area (Å²) >= 11 is 7.71. The molecule has 4 aromatic rings. The maximum absolute atomic E-state index is 12.5. The van der Waals surface area contributed by atoms with E-state index < -0.39 is 10.8 Å². The number of hydrogen-bond acceptors (Lipinski definition) is 6. The molecule has 2 aromatic heterocycles. The molecule has 28 heavy (non-hydrogen) atoms. The lowest BCUT2D eigenvalue weighted by Crippen LogP contribution is -2.00. The summed E-state index contributed by atoms with van der Waals surface area (Å²) in [5.41, 5.74) is 3.61. The van der Waals surface area contributed by atoms with Crippen LogP contribution in [0.4, 0.5) is 0 Å². The molecule has 1 unspecified atom stereocenters. The third-order valence-corrected chi connectivity index (χ3v) is 6.54. The normalized spacial score (nSPS) is 12.2. The number of rotatable bonds is 6. The summed E-state index contributed by atoms with van der Waals surface area (Å²) in [6, 6.07) is 15.4. The van der Waals surface area contributed by atoms with Gasteiger partial charge in [0.05, 0.1) is 16.5 Å². The van der Waals surface area contributed by atoms with E-state index in [1.54, 1.807) is 0 Å². The lowest BCUT2D eigenvalue weighted by Gasteiger charge is -1.99. The topological polar surface area (TPSA) is 68.9 Å². The molecule has 8 heteroatoms. The first-order chi connectivity index (χ1) is 13.6. The van der Waals surface area contributed by atoms with Gasteiger partial charge in [-0.25, -0.2) is 4.98 Å². The van der Waals surface area contributed by atoms with E-state index in [0.717, 1.165) is 27.4 Å². The fraction of sp³-hybridized carbons (Fsp3) is 0.150. The average Bonchev–Trinajstić information content (AvgIpc) is 3.32. The Morgan fingerprint density at radius 3 is 2.57 bits per heavy atom. The second-order valence-electron chi connectivity index (χ2n) is 6.18. The fourth-order valence-corrected chi connectivity index (χ4v) is 4.95. The third-order valence-electron chi connectivity index (χ3n) is 4.10. The number of hydrogen-bond donors (Lipinski definition) is 0. The van der Waals surface area contributed by atoms with E-state index in [1.807, 2.05) is 60.8 Å². The molecule has 0 saturated heterocycles. The first kappa shape index (κ1) is 19.0. The van der Waals surface area contributed by atoms with Gasteiger partial charge in [-0.15, -0.1) is 11.3 Å². The Bertz CT molecular complexity index is 1050. The minimum absolute atomic E-state index is 0.192. The van der Waals surface area contributed by atoms with Crippen molar-refractivity contribution >= 4 is 33.7 Å². The Balaban J connectivity index is 1.43. The van der Waals surface area contributed by atoms with Crippen molar-refractivity contribution in [2.45, 2.75) is 18.4 Å². The van der Waals surface area contributed by atoms with E-state index in [9.17, 15) is 4.21 Å². The van der Waals surface area contributed by atoms with Gasteiger partial charge < -0.3 is 4.52 Å². The van der Waals surface area contributed by atoms with Gasteiger partial charge in [-0.2, -0.15) is 4.98 Å². The van der Waals surface area contributed by atoms with Crippen LogP contribution >= 0.6 is 22.9 Å². The van der Waals surface area contributed by atoms with Crippen LogP contribution in [0, 0.1) is 6.92 Å². The van der Waals surface area contributed by atoms with Crippen molar-refractivity contribution in [3.8, 4) is 22.0 Å². The van der Waals surface area contributed by atoms with Crippen molar-refractivity contribution in [1.82, 2.24) is 15.1 Å². The van der Waals surface area contributed by atoms with Crippen LogP contribution in [0.5, 0.6) is 0 Å². The lowest BCUT2D eigenvalue weighted by atomic mass is 10.1. The summed E-state index contributed by atoms with van der Waals surface area (Å²) in [4.78, 5) is 8.94. The number of halogens is 1. The van der Waals surface area contributed by atoms with E-state index in [0.29, 0.717) is 22.5 Å². The third kappa shape index (κ3) is 4.22. The van der Waals surface area contributed by atoms with Crippen LogP contribution in [0.1, 0.15) is 17.1 Å². The summed E-state index contributed by atoms with van der Waals surface area (Å²) in [6.45, 7) is 1.99. The van der Waals surface area contributed by atoms with E-state index in [1.165, 1.54) is 11.3 Å². The molecule has 2 aromatic carbocycles. The Labute approximate surface area is 173 Å². The maximum Gasteiger partial charge on any atom is 0.239 e. The smallest absolute Gasteiger partial charge is 0.239 e. The van der Waals surface area contributed by atoms with Gasteiger partial charge in [0.15, 0.2) is 0 Å². The number of aryl methyl sites for hydroxylation is 1. The van der Waals surface area contributed by atoms with E-state index in [-0.39, 0.29) is 5.75 Å². The van der Waals surface area contributed by atoms with Gasteiger partial charge in [0, 0.05) is 27.3 Å². The number of nitrogens with zero attached hydrogens (tertiary/aromatic N) is 3. The Morgan fingerprint density at radius 1 is 1.04 bits per heavy atom. The molecule has 0 amide bonds. The molecule has 1 atom stereocenters. The highest BCUT2D eigenvalue weighted by molar-refractivity contribution is 7.83. The lowest BCUT2D eigenvalue weighted by molar-refractivity contribution is 0.390. The molecule has 0 N–H and O–H groups in total.